The van der Waals surface area contributed by atoms with Crippen LogP contribution >= 0.6 is 0 Å². The summed E-state index contributed by atoms with van der Waals surface area (Å²) in [4.78, 5) is 7.84. The van der Waals surface area contributed by atoms with Crippen LogP contribution in [0.4, 0.5) is 0 Å². The summed E-state index contributed by atoms with van der Waals surface area (Å²) < 4.78 is 1.92. The Labute approximate surface area is 100 Å². The lowest BCUT2D eigenvalue weighted by atomic mass is 10.2. The molecule has 3 rings (SSSR count). The van der Waals surface area contributed by atoms with Crippen molar-refractivity contribution in [2.45, 2.75) is 32.4 Å². The van der Waals surface area contributed by atoms with Crippen molar-refractivity contribution in [3.63, 3.8) is 0 Å². The summed E-state index contributed by atoms with van der Waals surface area (Å²) >= 11 is 0. The van der Waals surface area contributed by atoms with Crippen LogP contribution in [0.1, 0.15) is 31.6 Å². The van der Waals surface area contributed by atoms with Gasteiger partial charge in [-0.15, -0.1) is 0 Å². The highest BCUT2D eigenvalue weighted by Gasteiger charge is 2.19. The summed E-state index contributed by atoms with van der Waals surface area (Å²) in [5, 5.41) is 7.71. The Bertz CT molecular complexity index is 492. The summed E-state index contributed by atoms with van der Waals surface area (Å²) in [6, 6.07) is 0.393. The lowest BCUT2D eigenvalue weighted by Crippen LogP contribution is -2.14. The first-order valence-corrected chi connectivity index (χ1v) is 6.18. The highest BCUT2D eigenvalue weighted by atomic mass is 15.3. The fourth-order valence-corrected chi connectivity index (χ4v) is 2.25. The van der Waals surface area contributed by atoms with E-state index >= 15 is 0 Å². The standard InChI is InChI=1S/C12H17N5/c1-2-17-8-9(6-15-17)11-7-14-12(16-11)10-4-3-5-13-10/h6-8,10,13H,2-5H2,1H3,(H,14,16). The number of hydrogen-bond donors (Lipinski definition) is 2. The Kier molecular flexibility index (Phi) is 2.68. The fraction of sp³-hybridized carbons (Fsp3) is 0.500. The molecule has 1 aliphatic rings. The minimum atomic E-state index is 0.393. The van der Waals surface area contributed by atoms with E-state index in [2.05, 4.69) is 27.3 Å². The summed E-state index contributed by atoms with van der Waals surface area (Å²) in [5.74, 6) is 1.04. The number of nitrogens with zero attached hydrogens (tertiary/aromatic N) is 3. The Morgan fingerprint density at radius 3 is 3.12 bits per heavy atom. The van der Waals surface area contributed by atoms with Gasteiger partial charge in [0.15, 0.2) is 0 Å². The van der Waals surface area contributed by atoms with E-state index in [1.165, 1.54) is 12.8 Å². The van der Waals surface area contributed by atoms with Crippen LogP contribution in [0.2, 0.25) is 0 Å². The molecule has 2 aromatic heterocycles. The molecule has 1 aliphatic heterocycles. The number of H-pyrrole nitrogens is 1. The Morgan fingerprint density at radius 2 is 2.41 bits per heavy atom. The number of hydrogen-bond acceptors (Lipinski definition) is 3. The second-order valence-corrected chi connectivity index (χ2v) is 4.42. The summed E-state index contributed by atoms with van der Waals surface area (Å²) in [7, 11) is 0. The van der Waals surface area contributed by atoms with E-state index in [4.69, 9.17) is 0 Å². The number of aryl methyl sites for hydroxylation is 1. The number of aromatic nitrogens is 4. The molecule has 0 radical (unpaired) electrons. The van der Waals surface area contributed by atoms with E-state index in [9.17, 15) is 0 Å². The zero-order chi connectivity index (χ0) is 11.7. The summed E-state index contributed by atoms with van der Waals surface area (Å²) in [5.41, 5.74) is 2.15. The average molecular weight is 231 g/mol. The Morgan fingerprint density at radius 1 is 1.47 bits per heavy atom. The van der Waals surface area contributed by atoms with E-state index in [1.54, 1.807) is 0 Å². The van der Waals surface area contributed by atoms with Crippen LogP contribution in [0.15, 0.2) is 18.6 Å². The highest BCUT2D eigenvalue weighted by molar-refractivity contribution is 5.56. The van der Waals surface area contributed by atoms with Crippen molar-refractivity contribution in [2.24, 2.45) is 0 Å². The second-order valence-electron chi connectivity index (χ2n) is 4.42. The van der Waals surface area contributed by atoms with Crippen molar-refractivity contribution < 1.29 is 0 Å². The van der Waals surface area contributed by atoms with Crippen molar-refractivity contribution in [1.29, 1.82) is 0 Å². The first kappa shape index (κ1) is 10.5. The minimum absolute atomic E-state index is 0.393. The molecule has 1 unspecified atom stereocenters. The van der Waals surface area contributed by atoms with Gasteiger partial charge in [-0.1, -0.05) is 0 Å². The first-order valence-electron chi connectivity index (χ1n) is 6.18. The molecular formula is C12H17N5. The lowest BCUT2D eigenvalue weighted by molar-refractivity contribution is 0.613. The zero-order valence-corrected chi connectivity index (χ0v) is 9.98. The molecule has 0 spiro atoms. The molecule has 0 aliphatic carbocycles. The molecule has 0 amide bonds. The lowest BCUT2D eigenvalue weighted by Gasteiger charge is -2.04. The summed E-state index contributed by atoms with van der Waals surface area (Å²) in [6.45, 7) is 4.07. The maximum atomic E-state index is 4.45. The van der Waals surface area contributed by atoms with Crippen molar-refractivity contribution >= 4 is 0 Å². The van der Waals surface area contributed by atoms with E-state index in [0.29, 0.717) is 6.04 Å². The van der Waals surface area contributed by atoms with Crippen LogP contribution in [-0.2, 0) is 6.54 Å². The largest absolute Gasteiger partial charge is 0.341 e. The molecule has 0 saturated carbocycles. The van der Waals surface area contributed by atoms with Gasteiger partial charge >= 0.3 is 0 Å². The molecule has 1 atom stereocenters. The minimum Gasteiger partial charge on any atom is -0.341 e. The molecule has 2 aromatic rings. The van der Waals surface area contributed by atoms with E-state index in [0.717, 1.165) is 30.2 Å². The van der Waals surface area contributed by atoms with Crippen LogP contribution in [0.25, 0.3) is 11.3 Å². The highest BCUT2D eigenvalue weighted by Crippen LogP contribution is 2.23. The number of imidazole rings is 1. The third-order valence-electron chi connectivity index (χ3n) is 3.25. The molecule has 0 bridgehead atoms. The van der Waals surface area contributed by atoms with Gasteiger partial charge in [-0.3, -0.25) is 4.68 Å². The van der Waals surface area contributed by atoms with E-state index in [-0.39, 0.29) is 0 Å². The predicted octanol–water partition coefficient (Wildman–Crippen LogP) is 1.72. The van der Waals surface area contributed by atoms with Crippen molar-refractivity contribution in [2.75, 3.05) is 6.54 Å². The van der Waals surface area contributed by atoms with Gasteiger partial charge in [-0.05, 0) is 26.3 Å². The second kappa shape index (κ2) is 4.33. The van der Waals surface area contributed by atoms with Gasteiger partial charge in [0.25, 0.3) is 0 Å². The van der Waals surface area contributed by atoms with Gasteiger partial charge in [0.1, 0.15) is 5.82 Å². The molecule has 5 heteroatoms. The van der Waals surface area contributed by atoms with Gasteiger partial charge in [-0.25, -0.2) is 4.98 Å². The number of rotatable bonds is 3. The monoisotopic (exact) mass is 231 g/mol. The molecule has 2 N–H and O–H groups in total. The van der Waals surface area contributed by atoms with Crippen LogP contribution in [-0.4, -0.2) is 26.3 Å². The van der Waals surface area contributed by atoms with Crippen molar-refractivity contribution in [1.82, 2.24) is 25.1 Å². The zero-order valence-electron chi connectivity index (χ0n) is 9.98. The van der Waals surface area contributed by atoms with E-state index < -0.39 is 0 Å². The van der Waals surface area contributed by atoms with Gasteiger partial charge in [-0.2, -0.15) is 5.10 Å². The topological polar surface area (TPSA) is 58.5 Å². The van der Waals surface area contributed by atoms with E-state index in [1.807, 2.05) is 23.3 Å². The molecular weight excluding hydrogens is 214 g/mol. The fourth-order valence-electron chi connectivity index (χ4n) is 2.25. The van der Waals surface area contributed by atoms with Gasteiger partial charge in [0.05, 0.1) is 24.1 Å². The van der Waals surface area contributed by atoms with Crippen LogP contribution in [0.5, 0.6) is 0 Å². The van der Waals surface area contributed by atoms with Crippen LogP contribution in [0, 0.1) is 0 Å². The SMILES string of the molecule is CCn1cc(-c2cnc(C3CCCN3)[nH]2)cn1. The van der Waals surface area contributed by atoms with Crippen molar-refractivity contribution in [3.05, 3.63) is 24.4 Å². The number of aromatic amines is 1. The molecule has 0 aromatic carbocycles. The Hall–Kier alpha value is -1.62. The predicted molar refractivity (Wildman–Crippen MR) is 65.5 cm³/mol. The molecule has 1 fully saturated rings. The van der Waals surface area contributed by atoms with Gasteiger partial charge in [0.2, 0.25) is 0 Å². The smallest absolute Gasteiger partial charge is 0.123 e. The molecule has 5 nitrogen and oxygen atoms in total. The third kappa shape index (κ3) is 1.98. The number of nitrogens with one attached hydrogen (secondary N) is 2. The quantitative estimate of drug-likeness (QED) is 0.845. The molecule has 90 valence electrons. The van der Waals surface area contributed by atoms with Gasteiger partial charge < -0.3 is 10.3 Å². The normalized spacial score (nSPS) is 19.9. The molecule has 3 heterocycles. The maximum absolute atomic E-state index is 4.45. The third-order valence-corrected chi connectivity index (χ3v) is 3.25. The average Bonchev–Trinajstić information content (AvgIpc) is 3.09. The maximum Gasteiger partial charge on any atom is 0.123 e. The summed E-state index contributed by atoms with van der Waals surface area (Å²) in [6.07, 6.45) is 8.21. The van der Waals surface area contributed by atoms with Crippen molar-refractivity contribution in [3.8, 4) is 11.3 Å². The molecule has 17 heavy (non-hydrogen) atoms. The molecule has 1 saturated heterocycles. The Balaban J connectivity index is 1.83. The first-order chi connectivity index (χ1) is 8.36. The van der Waals surface area contributed by atoms with Crippen LogP contribution < -0.4 is 5.32 Å². The van der Waals surface area contributed by atoms with Crippen LogP contribution in [0.3, 0.4) is 0 Å². The van der Waals surface area contributed by atoms with Gasteiger partial charge in [0, 0.05) is 18.3 Å².